The van der Waals surface area contributed by atoms with Crippen LogP contribution in [-0.4, -0.2) is 47.9 Å². The Balaban J connectivity index is 2.00. The molecule has 1 aliphatic heterocycles. The van der Waals surface area contributed by atoms with E-state index < -0.39 is 41.6 Å². The van der Waals surface area contributed by atoms with E-state index >= 15 is 0 Å². The van der Waals surface area contributed by atoms with E-state index in [1.165, 1.54) is 0 Å². The van der Waals surface area contributed by atoms with Gasteiger partial charge >= 0.3 is 12.1 Å². The Kier molecular flexibility index (Phi) is 8.23. The molecule has 1 fully saturated rings. The summed E-state index contributed by atoms with van der Waals surface area (Å²) in [4.78, 5) is 36.8. The van der Waals surface area contributed by atoms with Crippen molar-refractivity contribution in [1.82, 2.24) is 10.6 Å². The van der Waals surface area contributed by atoms with Gasteiger partial charge in [-0.2, -0.15) is 0 Å². The lowest BCUT2D eigenvalue weighted by molar-refractivity contribution is -0.145. The summed E-state index contributed by atoms with van der Waals surface area (Å²) < 4.78 is 10.2. The number of nitrogens with one attached hydrogen (secondary N) is 2. The molecule has 1 saturated heterocycles. The van der Waals surface area contributed by atoms with Crippen LogP contribution in [0, 0.1) is 5.41 Å². The minimum absolute atomic E-state index is 0.158. The molecule has 1 unspecified atom stereocenters. The summed E-state index contributed by atoms with van der Waals surface area (Å²) in [5, 5.41) is 15.9. The molecule has 0 radical (unpaired) electrons. The number of esters is 1. The predicted molar refractivity (Wildman–Crippen MR) is 110 cm³/mol. The fraction of sp³-hybridized carbons (Fsp3) is 0.591. The number of unbranched alkanes of at least 4 members (excludes halogenated alkanes) is 1. The molecule has 0 aromatic heterocycles. The third kappa shape index (κ3) is 6.19. The summed E-state index contributed by atoms with van der Waals surface area (Å²) in [5.41, 5.74) is 0.256. The Morgan fingerprint density at radius 1 is 1.27 bits per heavy atom. The van der Waals surface area contributed by atoms with Crippen molar-refractivity contribution >= 4 is 18.0 Å². The maximum Gasteiger partial charge on any atom is 0.408 e. The minimum atomic E-state index is -1.46. The van der Waals surface area contributed by atoms with Gasteiger partial charge in [0.25, 0.3) is 5.91 Å². The van der Waals surface area contributed by atoms with Crippen LogP contribution in [0.3, 0.4) is 0 Å². The number of carbonyl (C=O) groups excluding carboxylic acids is 3. The van der Waals surface area contributed by atoms with Gasteiger partial charge < -0.3 is 25.2 Å². The maximum absolute atomic E-state index is 12.6. The number of amides is 2. The molecule has 2 rings (SSSR count). The molecule has 1 aromatic carbocycles. The van der Waals surface area contributed by atoms with Gasteiger partial charge in [0.05, 0.1) is 12.1 Å². The number of aliphatic hydroxyl groups excluding tert-OH is 1. The number of rotatable bonds is 9. The number of aliphatic hydroxyl groups is 1. The number of ether oxygens (including phenoxy) is 2. The lowest BCUT2D eigenvalue weighted by Crippen LogP contribution is -2.52. The van der Waals surface area contributed by atoms with E-state index in [2.05, 4.69) is 10.6 Å². The van der Waals surface area contributed by atoms with Crippen LogP contribution in [0.1, 0.15) is 58.6 Å². The van der Waals surface area contributed by atoms with E-state index in [1.54, 1.807) is 13.8 Å². The fourth-order valence-electron chi connectivity index (χ4n) is 3.27. The van der Waals surface area contributed by atoms with E-state index in [0.29, 0.717) is 12.8 Å². The number of hydrogen-bond donors (Lipinski definition) is 3. The number of hydrogen-bond acceptors (Lipinski definition) is 6. The summed E-state index contributed by atoms with van der Waals surface area (Å²) in [6, 6.07) is 8.22. The van der Waals surface area contributed by atoms with E-state index in [-0.39, 0.29) is 12.6 Å². The van der Waals surface area contributed by atoms with Gasteiger partial charge in [-0.1, -0.05) is 63.9 Å². The molecule has 166 valence electrons. The molecule has 1 aliphatic rings. The Hall–Kier alpha value is -2.61. The smallest absolute Gasteiger partial charge is 0.408 e. The molecule has 30 heavy (non-hydrogen) atoms. The number of alkyl carbamates (subject to hydrolysis) is 1. The van der Waals surface area contributed by atoms with Gasteiger partial charge in [-0.3, -0.25) is 4.79 Å². The van der Waals surface area contributed by atoms with Crippen molar-refractivity contribution in [2.45, 2.75) is 71.2 Å². The molecule has 0 aliphatic carbocycles. The van der Waals surface area contributed by atoms with Crippen molar-refractivity contribution in [1.29, 1.82) is 0 Å². The molecule has 8 nitrogen and oxygen atoms in total. The highest BCUT2D eigenvalue weighted by Gasteiger charge is 2.47. The Morgan fingerprint density at radius 2 is 1.93 bits per heavy atom. The molecule has 0 spiro atoms. The van der Waals surface area contributed by atoms with Crippen molar-refractivity contribution in [3.05, 3.63) is 35.9 Å². The first-order valence-corrected chi connectivity index (χ1v) is 10.3. The van der Waals surface area contributed by atoms with Gasteiger partial charge in [0.15, 0.2) is 6.10 Å². The molecule has 1 aromatic rings. The summed E-state index contributed by atoms with van der Waals surface area (Å²) in [7, 11) is 0. The molecule has 8 heteroatoms. The first-order valence-electron chi connectivity index (χ1n) is 10.3. The zero-order valence-corrected chi connectivity index (χ0v) is 18.0. The SMILES string of the molecule is CCCC[C@H](NC(=O)O[C@@H]1C(=O)OCC1(C)C)C(O)C(=O)N[C@H](C)c1ccccc1. The van der Waals surface area contributed by atoms with Crippen LogP contribution in [0.25, 0.3) is 0 Å². The second-order valence-electron chi connectivity index (χ2n) is 8.36. The van der Waals surface area contributed by atoms with Crippen molar-refractivity contribution < 1.29 is 29.0 Å². The van der Waals surface area contributed by atoms with E-state index in [9.17, 15) is 19.5 Å². The highest BCUT2D eigenvalue weighted by Crippen LogP contribution is 2.31. The van der Waals surface area contributed by atoms with Crippen molar-refractivity contribution in [2.75, 3.05) is 6.61 Å². The fourth-order valence-corrected chi connectivity index (χ4v) is 3.27. The van der Waals surface area contributed by atoms with Crippen molar-refractivity contribution in [3.8, 4) is 0 Å². The highest BCUT2D eigenvalue weighted by molar-refractivity contribution is 5.83. The molecule has 1 heterocycles. The first kappa shape index (κ1) is 23.7. The average Bonchev–Trinajstić information content (AvgIpc) is 2.97. The van der Waals surface area contributed by atoms with Gasteiger partial charge in [-0.05, 0) is 18.9 Å². The summed E-state index contributed by atoms with van der Waals surface area (Å²) in [5.74, 6) is -1.19. The van der Waals surface area contributed by atoms with Crippen LogP contribution < -0.4 is 10.6 Å². The van der Waals surface area contributed by atoms with Crippen LogP contribution in [0.15, 0.2) is 30.3 Å². The van der Waals surface area contributed by atoms with Gasteiger partial charge in [-0.25, -0.2) is 9.59 Å². The van der Waals surface area contributed by atoms with Crippen LogP contribution in [-0.2, 0) is 19.1 Å². The lowest BCUT2D eigenvalue weighted by atomic mass is 9.90. The number of benzene rings is 1. The van der Waals surface area contributed by atoms with Gasteiger partial charge in [-0.15, -0.1) is 0 Å². The molecular formula is C22H32N2O6. The highest BCUT2D eigenvalue weighted by atomic mass is 16.6. The molecule has 0 saturated carbocycles. The molecule has 3 N–H and O–H groups in total. The zero-order chi connectivity index (χ0) is 22.3. The molecule has 2 amide bonds. The number of cyclic esters (lactones) is 1. The van der Waals surface area contributed by atoms with Crippen LogP contribution in [0.2, 0.25) is 0 Å². The summed E-state index contributed by atoms with van der Waals surface area (Å²) in [6.45, 7) is 7.47. The van der Waals surface area contributed by atoms with Crippen LogP contribution in [0.4, 0.5) is 4.79 Å². The first-order chi connectivity index (χ1) is 14.2. The summed E-state index contributed by atoms with van der Waals surface area (Å²) >= 11 is 0. The quantitative estimate of drug-likeness (QED) is 0.529. The predicted octanol–water partition coefficient (Wildman–Crippen LogP) is 2.46. The van der Waals surface area contributed by atoms with Crippen molar-refractivity contribution in [3.63, 3.8) is 0 Å². The van der Waals surface area contributed by atoms with Crippen molar-refractivity contribution in [2.24, 2.45) is 5.41 Å². The summed E-state index contributed by atoms with van der Waals surface area (Å²) in [6.07, 6.45) is -1.45. The second kappa shape index (κ2) is 10.4. The standard InChI is InChI=1S/C22H32N2O6/c1-5-6-12-16(24-21(28)30-18-20(27)29-13-22(18,3)4)17(25)19(26)23-14(2)15-10-8-7-9-11-15/h7-11,14,16-18,25H,5-6,12-13H2,1-4H3,(H,23,26)(H,24,28)/t14-,16+,17?,18-/m1/s1. The molecular weight excluding hydrogens is 388 g/mol. The minimum Gasteiger partial charge on any atom is -0.462 e. The molecule has 4 atom stereocenters. The maximum atomic E-state index is 12.6. The Labute approximate surface area is 177 Å². The normalized spacial score (nSPS) is 20.6. The third-order valence-corrected chi connectivity index (χ3v) is 5.22. The number of carbonyl (C=O) groups is 3. The largest absolute Gasteiger partial charge is 0.462 e. The average molecular weight is 421 g/mol. The van der Waals surface area contributed by atoms with Gasteiger partial charge in [0.2, 0.25) is 6.10 Å². The van der Waals surface area contributed by atoms with E-state index in [4.69, 9.17) is 9.47 Å². The van der Waals surface area contributed by atoms with E-state index in [1.807, 2.05) is 44.2 Å². The van der Waals surface area contributed by atoms with Gasteiger partial charge in [0, 0.05) is 5.41 Å². The molecule has 0 bridgehead atoms. The Morgan fingerprint density at radius 3 is 2.50 bits per heavy atom. The Bertz CT molecular complexity index is 736. The van der Waals surface area contributed by atoms with Gasteiger partial charge in [0.1, 0.15) is 6.61 Å². The third-order valence-electron chi connectivity index (χ3n) is 5.22. The van der Waals surface area contributed by atoms with Crippen LogP contribution in [0.5, 0.6) is 0 Å². The van der Waals surface area contributed by atoms with E-state index in [0.717, 1.165) is 12.0 Å². The monoisotopic (exact) mass is 420 g/mol. The topological polar surface area (TPSA) is 114 Å². The van der Waals surface area contributed by atoms with Crippen LogP contribution >= 0.6 is 0 Å². The second-order valence-corrected chi connectivity index (χ2v) is 8.36. The zero-order valence-electron chi connectivity index (χ0n) is 18.0. The lowest BCUT2D eigenvalue weighted by Gasteiger charge is -2.27.